The molecular weight excluding hydrogens is 276 g/mol. The zero-order valence-electron chi connectivity index (χ0n) is 12.4. The molecule has 1 aromatic heterocycles. The maximum atomic E-state index is 5.57. The minimum atomic E-state index is 0.148. The summed E-state index contributed by atoms with van der Waals surface area (Å²) in [7, 11) is 6.45. The van der Waals surface area contributed by atoms with Crippen molar-refractivity contribution in [3.05, 3.63) is 24.1 Å². The molecule has 0 bridgehead atoms. The van der Waals surface area contributed by atoms with E-state index < -0.39 is 0 Å². The summed E-state index contributed by atoms with van der Waals surface area (Å²) in [5, 5.41) is 2.98. The lowest BCUT2D eigenvalue weighted by molar-refractivity contribution is 0.308. The van der Waals surface area contributed by atoms with Gasteiger partial charge in [0.1, 0.15) is 12.0 Å². The van der Waals surface area contributed by atoms with Gasteiger partial charge in [0.25, 0.3) is 0 Å². The van der Waals surface area contributed by atoms with E-state index >= 15 is 0 Å². The van der Waals surface area contributed by atoms with Gasteiger partial charge in [-0.15, -0.1) is 0 Å². The molecule has 0 amide bonds. The molecule has 2 aromatic rings. The molecule has 0 radical (unpaired) electrons. The van der Waals surface area contributed by atoms with E-state index in [1.807, 2.05) is 7.05 Å². The van der Waals surface area contributed by atoms with Crippen LogP contribution < -0.4 is 24.3 Å². The van der Waals surface area contributed by atoms with Crippen molar-refractivity contribution in [3.8, 4) is 29.1 Å². The Morgan fingerprint density at radius 1 is 1.10 bits per heavy atom. The molecule has 0 atom stereocenters. The summed E-state index contributed by atoms with van der Waals surface area (Å²) in [6.45, 7) is 0.599. The van der Waals surface area contributed by atoms with E-state index in [-0.39, 0.29) is 6.08 Å². The summed E-state index contributed by atoms with van der Waals surface area (Å²) >= 11 is 0. The molecule has 1 aromatic carbocycles. The Hall–Kier alpha value is -2.41. The Morgan fingerprint density at radius 3 is 2.29 bits per heavy atom. The Labute approximate surface area is 122 Å². The summed E-state index contributed by atoms with van der Waals surface area (Å²) < 4.78 is 26.6. The SMILES string of the molecule is CNCc1coc(Oc2cc(OC)c(OC)c(OC)c2)n1. The number of methoxy groups -OCH3 is 3. The van der Waals surface area contributed by atoms with Crippen molar-refractivity contribution >= 4 is 0 Å². The first-order valence-electron chi connectivity index (χ1n) is 6.28. The van der Waals surface area contributed by atoms with Gasteiger partial charge in [-0.05, 0) is 7.05 Å². The first-order chi connectivity index (χ1) is 10.2. The third kappa shape index (κ3) is 3.38. The number of hydrogen-bond acceptors (Lipinski definition) is 7. The highest BCUT2D eigenvalue weighted by molar-refractivity contribution is 5.56. The first kappa shape index (κ1) is 15.0. The molecule has 1 heterocycles. The molecule has 1 N–H and O–H groups in total. The maximum absolute atomic E-state index is 5.57. The second-order valence-electron chi connectivity index (χ2n) is 4.10. The molecule has 7 heteroatoms. The van der Waals surface area contributed by atoms with E-state index in [9.17, 15) is 0 Å². The van der Waals surface area contributed by atoms with Gasteiger partial charge >= 0.3 is 6.08 Å². The van der Waals surface area contributed by atoms with Crippen LogP contribution in [0.4, 0.5) is 0 Å². The zero-order chi connectivity index (χ0) is 15.2. The standard InChI is InChI=1S/C14H18N2O5/c1-15-7-9-8-20-14(16-9)21-10-5-11(17-2)13(19-4)12(6-10)18-3/h5-6,8,15H,7H2,1-4H3. The Bertz CT molecular complexity index is 572. The monoisotopic (exact) mass is 294 g/mol. The Balaban J connectivity index is 2.26. The molecule has 0 aliphatic heterocycles. The van der Waals surface area contributed by atoms with Gasteiger partial charge in [0, 0.05) is 18.7 Å². The van der Waals surface area contributed by atoms with Crippen LogP contribution in [-0.4, -0.2) is 33.4 Å². The van der Waals surface area contributed by atoms with Crippen LogP contribution in [0.25, 0.3) is 0 Å². The molecule has 0 aliphatic rings. The van der Waals surface area contributed by atoms with E-state index in [1.54, 1.807) is 19.2 Å². The molecule has 0 saturated heterocycles. The van der Waals surface area contributed by atoms with E-state index in [2.05, 4.69) is 10.3 Å². The minimum Gasteiger partial charge on any atom is -0.493 e. The predicted octanol–water partition coefficient (Wildman–Crippen LogP) is 2.21. The van der Waals surface area contributed by atoms with Crippen LogP contribution in [0, 0.1) is 0 Å². The van der Waals surface area contributed by atoms with Crippen LogP contribution in [-0.2, 0) is 6.54 Å². The molecule has 114 valence electrons. The summed E-state index contributed by atoms with van der Waals surface area (Å²) in [6, 6.07) is 3.34. The molecular formula is C14H18N2O5. The number of aromatic nitrogens is 1. The number of nitrogens with one attached hydrogen (secondary N) is 1. The lowest BCUT2D eigenvalue weighted by Gasteiger charge is -2.13. The average Bonchev–Trinajstić information content (AvgIpc) is 2.93. The zero-order valence-corrected chi connectivity index (χ0v) is 12.4. The highest BCUT2D eigenvalue weighted by Crippen LogP contribution is 2.41. The number of rotatable bonds is 7. The first-order valence-corrected chi connectivity index (χ1v) is 6.28. The van der Waals surface area contributed by atoms with E-state index in [0.717, 1.165) is 5.69 Å². The van der Waals surface area contributed by atoms with Crippen LogP contribution in [0.15, 0.2) is 22.8 Å². The van der Waals surface area contributed by atoms with Gasteiger partial charge in [-0.1, -0.05) is 0 Å². The molecule has 0 aliphatic carbocycles. The molecule has 0 saturated carbocycles. The third-order valence-electron chi connectivity index (χ3n) is 2.73. The number of oxazole rings is 1. The van der Waals surface area contributed by atoms with Crippen LogP contribution in [0.3, 0.4) is 0 Å². The van der Waals surface area contributed by atoms with Crippen molar-refractivity contribution in [2.75, 3.05) is 28.4 Å². The largest absolute Gasteiger partial charge is 0.493 e. The second kappa shape index (κ2) is 6.85. The predicted molar refractivity (Wildman–Crippen MR) is 75.4 cm³/mol. The molecule has 21 heavy (non-hydrogen) atoms. The molecule has 7 nitrogen and oxygen atoms in total. The van der Waals surface area contributed by atoms with Crippen molar-refractivity contribution in [2.45, 2.75) is 6.54 Å². The number of hydrogen-bond donors (Lipinski definition) is 1. The van der Waals surface area contributed by atoms with E-state index in [4.69, 9.17) is 23.4 Å². The van der Waals surface area contributed by atoms with E-state index in [0.29, 0.717) is 29.5 Å². The quantitative estimate of drug-likeness (QED) is 0.839. The smallest absolute Gasteiger partial charge is 0.399 e. The molecule has 0 spiro atoms. The summed E-state index contributed by atoms with van der Waals surface area (Å²) in [5.74, 6) is 1.96. The van der Waals surface area contributed by atoms with Crippen molar-refractivity contribution in [2.24, 2.45) is 0 Å². The highest BCUT2D eigenvalue weighted by atomic mass is 16.6. The molecule has 2 rings (SSSR count). The third-order valence-corrected chi connectivity index (χ3v) is 2.73. The average molecular weight is 294 g/mol. The van der Waals surface area contributed by atoms with Gasteiger partial charge in [-0.25, -0.2) is 0 Å². The van der Waals surface area contributed by atoms with Crippen LogP contribution in [0.1, 0.15) is 5.69 Å². The Kier molecular flexibility index (Phi) is 4.89. The lowest BCUT2D eigenvalue weighted by atomic mass is 10.2. The fourth-order valence-electron chi connectivity index (χ4n) is 1.81. The molecule has 0 unspecified atom stereocenters. The van der Waals surface area contributed by atoms with Crippen molar-refractivity contribution < 1.29 is 23.4 Å². The highest BCUT2D eigenvalue weighted by Gasteiger charge is 2.15. The molecule has 0 fully saturated rings. The van der Waals surface area contributed by atoms with Gasteiger partial charge in [0.2, 0.25) is 5.75 Å². The maximum Gasteiger partial charge on any atom is 0.399 e. The summed E-state index contributed by atoms with van der Waals surface area (Å²) in [4.78, 5) is 4.18. The lowest BCUT2D eigenvalue weighted by Crippen LogP contribution is -2.04. The van der Waals surface area contributed by atoms with Crippen LogP contribution in [0.5, 0.6) is 29.1 Å². The minimum absolute atomic E-state index is 0.148. The summed E-state index contributed by atoms with van der Waals surface area (Å²) in [6.07, 6.45) is 1.68. The topological polar surface area (TPSA) is 75.0 Å². The van der Waals surface area contributed by atoms with Crippen molar-refractivity contribution in [1.82, 2.24) is 10.3 Å². The van der Waals surface area contributed by atoms with Gasteiger partial charge in [0.15, 0.2) is 11.5 Å². The van der Waals surface area contributed by atoms with Gasteiger partial charge in [-0.3, -0.25) is 0 Å². The number of nitrogens with zero attached hydrogens (tertiary/aromatic N) is 1. The van der Waals surface area contributed by atoms with Gasteiger partial charge in [-0.2, -0.15) is 4.98 Å². The van der Waals surface area contributed by atoms with Crippen molar-refractivity contribution in [1.29, 1.82) is 0 Å². The fourth-order valence-corrected chi connectivity index (χ4v) is 1.81. The second-order valence-corrected chi connectivity index (χ2v) is 4.10. The summed E-state index contributed by atoms with van der Waals surface area (Å²) in [5.41, 5.74) is 0.750. The normalized spacial score (nSPS) is 10.3. The number of benzene rings is 1. The van der Waals surface area contributed by atoms with Gasteiger partial charge in [0.05, 0.1) is 27.0 Å². The number of ether oxygens (including phenoxy) is 4. The van der Waals surface area contributed by atoms with Gasteiger partial charge < -0.3 is 28.7 Å². The Morgan fingerprint density at radius 2 is 1.76 bits per heavy atom. The van der Waals surface area contributed by atoms with Crippen LogP contribution >= 0.6 is 0 Å². The van der Waals surface area contributed by atoms with E-state index in [1.165, 1.54) is 20.5 Å². The fraction of sp³-hybridized carbons (Fsp3) is 0.357. The van der Waals surface area contributed by atoms with Crippen LogP contribution in [0.2, 0.25) is 0 Å². The van der Waals surface area contributed by atoms with Crippen molar-refractivity contribution in [3.63, 3.8) is 0 Å².